The topological polar surface area (TPSA) is 92.8 Å². The predicted molar refractivity (Wildman–Crippen MR) is 35.8 cm³/mol. The first kappa shape index (κ1) is 10.3. The quantitative estimate of drug-likeness (QED) is 0.288. The summed E-state index contributed by atoms with van der Waals surface area (Å²) < 4.78 is 4.64. The van der Waals surface area contributed by atoms with Crippen LogP contribution in [0.5, 0.6) is 0 Å². The van der Waals surface area contributed by atoms with E-state index in [9.17, 15) is 10.1 Å². The lowest BCUT2D eigenvalue weighted by molar-refractivity contribution is -0.491. The van der Waals surface area contributed by atoms with E-state index in [0.717, 1.165) is 0 Å². The maximum Gasteiger partial charge on any atom is 0.231 e. The average molecular weight is 165 g/mol. The highest BCUT2D eigenvalue weighted by Crippen LogP contribution is 1.85. The number of hydrogen-bond donors (Lipinski definition) is 2. The van der Waals surface area contributed by atoms with E-state index in [0.29, 0.717) is 0 Å². The van der Waals surface area contributed by atoms with Gasteiger partial charge in [-0.05, 0) is 0 Å². The molecule has 0 heterocycles. The fraction of sp³-hybridized carbons (Fsp3) is 1.00. The van der Waals surface area contributed by atoms with Crippen LogP contribution < -0.4 is 0 Å². The summed E-state index contributed by atoms with van der Waals surface area (Å²) in [7, 11) is 0. The second-order valence-electron chi connectivity index (χ2n) is 1.97. The molecule has 0 fully saturated rings. The van der Waals surface area contributed by atoms with E-state index in [1.807, 2.05) is 0 Å². The Labute approximate surface area is 63.6 Å². The molecule has 6 heteroatoms. The molecule has 0 aliphatic heterocycles. The van der Waals surface area contributed by atoms with Gasteiger partial charge in [0.05, 0.1) is 19.8 Å². The van der Waals surface area contributed by atoms with Gasteiger partial charge in [-0.15, -0.1) is 0 Å². The third-order valence-electron chi connectivity index (χ3n) is 0.906. The van der Waals surface area contributed by atoms with Crippen molar-refractivity contribution >= 4 is 0 Å². The number of nitrogens with zero attached hydrogens (tertiary/aromatic N) is 1. The summed E-state index contributed by atoms with van der Waals surface area (Å²) in [5.74, 6) is 0. The van der Waals surface area contributed by atoms with Crippen molar-refractivity contribution in [3.63, 3.8) is 0 Å². The molecule has 0 aliphatic rings. The minimum absolute atomic E-state index is 0.0920. The molecule has 0 amide bonds. The fourth-order valence-corrected chi connectivity index (χ4v) is 0.509. The lowest BCUT2D eigenvalue weighted by atomic mass is 10.4. The smallest absolute Gasteiger partial charge is 0.231 e. The number of ether oxygens (including phenoxy) is 1. The zero-order valence-electron chi connectivity index (χ0n) is 5.97. The molecule has 0 saturated heterocycles. The monoisotopic (exact) mass is 165 g/mol. The Morgan fingerprint density at radius 1 is 1.64 bits per heavy atom. The normalized spacial score (nSPS) is 12.9. The summed E-state index contributed by atoms with van der Waals surface area (Å²) in [5, 5.41) is 26.8. The summed E-state index contributed by atoms with van der Waals surface area (Å²) >= 11 is 0. The molecule has 2 N–H and O–H groups in total. The highest BCUT2D eigenvalue weighted by molar-refractivity contribution is 4.49. The van der Waals surface area contributed by atoms with Crippen LogP contribution in [0.25, 0.3) is 0 Å². The molecule has 0 aliphatic carbocycles. The summed E-state index contributed by atoms with van der Waals surface area (Å²) in [5.41, 5.74) is 0. The minimum Gasteiger partial charge on any atom is -0.394 e. The SMILES string of the molecule is O=[N+]([O-])CC(O)COCCO. The first-order chi connectivity index (χ1) is 5.16. The summed E-state index contributed by atoms with van der Waals surface area (Å²) in [6, 6.07) is 0. The second-order valence-corrected chi connectivity index (χ2v) is 1.97. The second kappa shape index (κ2) is 6.02. The van der Waals surface area contributed by atoms with Gasteiger partial charge in [0.15, 0.2) is 0 Å². The molecule has 0 aromatic carbocycles. The number of nitro groups is 1. The molecular formula is C5H11NO5. The van der Waals surface area contributed by atoms with E-state index in [1.165, 1.54) is 0 Å². The van der Waals surface area contributed by atoms with Crippen molar-refractivity contribution < 1.29 is 19.9 Å². The van der Waals surface area contributed by atoms with E-state index in [1.54, 1.807) is 0 Å². The van der Waals surface area contributed by atoms with Crippen molar-refractivity contribution in [2.24, 2.45) is 0 Å². The maximum atomic E-state index is 9.78. The maximum absolute atomic E-state index is 9.78. The van der Waals surface area contributed by atoms with E-state index in [4.69, 9.17) is 10.2 Å². The van der Waals surface area contributed by atoms with Gasteiger partial charge in [-0.2, -0.15) is 0 Å². The third-order valence-corrected chi connectivity index (χ3v) is 0.906. The molecule has 0 radical (unpaired) electrons. The Kier molecular flexibility index (Phi) is 5.63. The molecule has 0 saturated carbocycles. The summed E-state index contributed by atoms with van der Waals surface area (Å²) in [4.78, 5) is 9.16. The molecule has 0 spiro atoms. The number of hydrogen-bond acceptors (Lipinski definition) is 5. The molecule has 0 rings (SSSR count). The Balaban J connectivity index is 3.22. The van der Waals surface area contributed by atoms with Crippen molar-refractivity contribution in [2.45, 2.75) is 6.10 Å². The zero-order valence-corrected chi connectivity index (χ0v) is 5.97. The van der Waals surface area contributed by atoms with Crippen LogP contribution in [-0.2, 0) is 4.74 Å². The van der Waals surface area contributed by atoms with Crippen LogP contribution in [0.15, 0.2) is 0 Å². The molecule has 0 aromatic rings. The lowest BCUT2D eigenvalue weighted by Gasteiger charge is -2.05. The van der Waals surface area contributed by atoms with Gasteiger partial charge in [0.1, 0.15) is 6.10 Å². The first-order valence-corrected chi connectivity index (χ1v) is 3.15. The lowest BCUT2D eigenvalue weighted by Crippen LogP contribution is -2.25. The minimum atomic E-state index is -1.09. The molecule has 1 atom stereocenters. The van der Waals surface area contributed by atoms with Crippen molar-refractivity contribution in [2.75, 3.05) is 26.4 Å². The molecule has 0 bridgehead atoms. The van der Waals surface area contributed by atoms with E-state index in [-0.39, 0.29) is 19.8 Å². The van der Waals surface area contributed by atoms with Gasteiger partial charge in [0.25, 0.3) is 0 Å². The van der Waals surface area contributed by atoms with Crippen molar-refractivity contribution in [3.05, 3.63) is 10.1 Å². The molecule has 0 aromatic heterocycles. The molecule has 11 heavy (non-hydrogen) atoms. The predicted octanol–water partition coefficient (Wildman–Crippen LogP) is -1.37. The van der Waals surface area contributed by atoms with Gasteiger partial charge in [-0.3, -0.25) is 10.1 Å². The van der Waals surface area contributed by atoms with E-state index < -0.39 is 17.6 Å². The van der Waals surface area contributed by atoms with E-state index in [2.05, 4.69) is 4.74 Å². The van der Waals surface area contributed by atoms with Crippen LogP contribution in [0.3, 0.4) is 0 Å². The fourth-order valence-electron chi connectivity index (χ4n) is 0.509. The number of rotatable bonds is 6. The molecule has 6 nitrogen and oxygen atoms in total. The van der Waals surface area contributed by atoms with Gasteiger partial charge in [-0.25, -0.2) is 0 Å². The Hall–Kier alpha value is -0.720. The number of aliphatic hydroxyl groups excluding tert-OH is 2. The molecular weight excluding hydrogens is 154 g/mol. The van der Waals surface area contributed by atoms with E-state index >= 15 is 0 Å². The summed E-state index contributed by atoms with van der Waals surface area (Å²) in [6.45, 7) is -0.688. The van der Waals surface area contributed by atoms with Crippen molar-refractivity contribution in [3.8, 4) is 0 Å². The molecule has 66 valence electrons. The van der Waals surface area contributed by atoms with Gasteiger partial charge < -0.3 is 14.9 Å². The highest BCUT2D eigenvalue weighted by atomic mass is 16.6. The zero-order chi connectivity index (χ0) is 8.69. The van der Waals surface area contributed by atoms with Crippen LogP contribution >= 0.6 is 0 Å². The Morgan fingerprint density at radius 3 is 2.73 bits per heavy atom. The van der Waals surface area contributed by atoms with Crippen LogP contribution in [0, 0.1) is 10.1 Å². The Bertz CT molecular complexity index is 117. The Morgan fingerprint density at radius 2 is 2.27 bits per heavy atom. The third kappa shape index (κ3) is 7.17. The van der Waals surface area contributed by atoms with Gasteiger partial charge >= 0.3 is 0 Å². The van der Waals surface area contributed by atoms with Crippen LogP contribution in [0.4, 0.5) is 0 Å². The van der Waals surface area contributed by atoms with Gasteiger partial charge in [-0.1, -0.05) is 0 Å². The van der Waals surface area contributed by atoms with Crippen molar-refractivity contribution in [1.82, 2.24) is 0 Å². The van der Waals surface area contributed by atoms with Gasteiger partial charge in [0.2, 0.25) is 6.54 Å². The van der Waals surface area contributed by atoms with Crippen LogP contribution in [-0.4, -0.2) is 47.6 Å². The largest absolute Gasteiger partial charge is 0.394 e. The first-order valence-electron chi connectivity index (χ1n) is 3.15. The van der Waals surface area contributed by atoms with Crippen molar-refractivity contribution in [1.29, 1.82) is 0 Å². The average Bonchev–Trinajstić information content (AvgIpc) is 1.86. The summed E-state index contributed by atoms with van der Waals surface area (Å²) in [6.07, 6.45) is -1.09. The molecule has 1 unspecified atom stereocenters. The van der Waals surface area contributed by atoms with Gasteiger partial charge in [0, 0.05) is 4.92 Å². The van der Waals surface area contributed by atoms with Crippen LogP contribution in [0.2, 0.25) is 0 Å². The standard InChI is InChI=1S/C5H11NO5/c7-1-2-11-4-5(8)3-6(9)10/h5,7-8H,1-4H2. The number of aliphatic hydroxyl groups is 2. The van der Waals surface area contributed by atoms with Crippen LogP contribution in [0.1, 0.15) is 0 Å². The highest BCUT2D eigenvalue weighted by Gasteiger charge is 2.10.